The van der Waals surface area contributed by atoms with E-state index in [2.05, 4.69) is 14.8 Å². The van der Waals surface area contributed by atoms with E-state index in [9.17, 15) is 27.3 Å². The summed E-state index contributed by atoms with van der Waals surface area (Å²) in [6, 6.07) is 19.0. The molecule has 0 aromatic heterocycles. The minimum absolute atomic E-state index is 0.0523. The van der Waals surface area contributed by atoms with Crippen molar-refractivity contribution >= 4 is 33.4 Å². The van der Waals surface area contributed by atoms with Gasteiger partial charge >= 0.3 is 6.61 Å². The zero-order chi connectivity index (χ0) is 25.4. The fourth-order valence-electron chi connectivity index (χ4n) is 2.91. The Morgan fingerprint density at radius 3 is 2.29 bits per heavy atom. The summed E-state index contributed by atoms with van der Waals surface area (Å²) in [7, 11) is -2.51. The molecule has 11 heteroatoms. The number of benzene rings is 3. The Labute approximate surface area is 200 Å². The summed E-state index contributed by atoms with van der Waals surface area (Å²) in [5.74, 6) is -0.439. The summed E-state index contributed by atoms with van der Waals surface area (Å²) in [6.45, 7) is -2.96. The van der Waals surface area contributed by atoms with Gasteiger partial charge in [-0.1, -0.05) is 24.3 Å². The third-order valence-corrected chi connectivity index (χ3v) is 5.94. The largest absolute Gasteiger partial charge is 0.495 e. The number of anilines is 2. The van der Waals surface area contributed by atoms with Gasteiger partial charge in [-0.25, -0.2) is 8.42 Å². The van der Waals surface area contributed by atoms with Crippen molar-refractivity contribution in [1.82, 2.24) is 0 Å². The Morgan fingerprint density at radius 2 is 1.69 bits per heavy atom. The number of ether oxygens (including phenoxy) is 2. The van der Waals surface area contributed by atoms with Gasteiger partial charge in [0.25, 0.3) is 15.9 Å². The van der Waals surface area contributed by atoms with Crippen LogP contribution in [-0.4, -0.2) is 28.0 Å². The van der Waals surface area contributed by atoms with Crippen LogP contribution in [0.3, 0.4) is 0 Å². The smallest absolute Gasteiger partial charge is 0.387 e. The van der Waals surface area contributed by atoms with Gasteiger partial charge in [-0.15, -0.1) is 0 Å². The number of carbonyl (C=O) groups is 1. The zero-order valence-electron chi connectivity index (χ0n) is 18.2. The number of carbonyl (C=O) groups excluding carboxylic acids is 1. The summed E-state index contributed by atoms with van der Waals surface area (Å²) in [4.78, 5) is 12.4. The van der Waals surface area contributed by atoms with Crippen LogP contribution >= 0.6 is 0 Å². The first-order chi connectivity index (χ1) is 16.7. The van der Waals surface area contributed by atoms with Crippen LogP contribution in [0.5, 0.6) is 11.5 Å². The van der Waals surface area contributed by atoms with E-state index in [-0.39, 0.29) is 27.6 Å². The Bertz CT molecular complexity index is 1370. The van der Waals surface area contributed by atoms with Crippen LogP contribution < -0.4 is 19.5 Å². The van der Waals surface area contributed by atoms with Gasteiger partial charge in [0.15, 0.2) is 0 Å². The molecule has 3 rings (SSSR count). The van der Waals surface area contributed by atoms with Crippen LogP contribution in [0.4, 0.5) is 20.2 Å². The van der Waals surface area contributed by atoms with Gasteiger partial charge in [-0.05, 0) is 60.2 Å². The molecule has 0 fully saturated rings. The number of sulfonamides is 1. The first kappa shape index (κ1) is 25.2. The second-order valence-corrected chi connectivity index (χ2v) is 8.58. The van der Waals surface area contributed by atoms with Gasteiger partial charge in [-0.2, -0.15) is 14.0 Å². The number of rotatable bonds is 9. The lowest BCUT2D eigenvalue weighted by molar-refractivity contribution is -0.112. The lowest BCUT2D eigenvalue weighted by Gasteiger charge is -2.12. The van der Waals surface area contributed by atoms with Gasteiger partial charge in [-0.3, -0.25) is 9.52 Å². The number of nitrogens with zero attached hydrogens (tertiary/aromatic N) is 1. The highest BCUT2D eigenvalue weighted by Gasteiger charge is 2.17. The number of alkyl halides is 2. The number of nitrogens with one attached hydrogen (secondary N) is 2. The minimum atomic E-state index is -3.93. The third-order valence-electron chi connectivity index (χ3n) is 4.56. The van der Waals surface area contributed by atoms with Gasteiger partial charge in [0.1, 0.15) is 23.1 Å². The quantitative estimate of drug-likeness (QED) is 0.327. The number of halogens is 2. The molecule has 1 amide bonds. The molecule has 8 nitrogen and oxygen atoms in total. The van der Waals surface area contributed by atoms with Gasteiger partial charge in [0.2, 0.25) is 0 Å². The van der Waals surface area contributed by atoms with E-state index in [1.807, 2.05) is 0 Å². The maximum absolute atomic E-state index is 12.7. The number of nitriles is 1. The average molecular weight is 499 g/mol. The summed E-state index contributed by atoms with van der Waals surface area (Å²) in [5.41, 5.74) is 0.697. The molecule has 3 aromatic rings. The molecule has 0 saturated heterocycles. The normalized spacial score (nSPS) is 11.5. The zero-order valence-corrected chi connectivity index (χ0v) is 19.1. The highest BCUT2D eigenvalue weighted by atomic mass is 32.2. The maximum atomic E-state index is 12.7. The SMILES string of the molecule is COc1ccccc1NS(=O)(=O)c1ccc(NC(=O)/C(C#N)=C\c2ccc(OC(F)F)cc2)cc1. The fraction of sp³-hybridized carbons (Fsp3) is 0.0833. The van der Waals surface area contributed by atoms with Crippen molar-refractivity contribution in [2.45, 2.75) is 11.5 Å². The van der Waals surface area contributed by atoms with Crippen molar-refractivity contribution in [3.05, 3.63) is 83.9 Å². The summed E-state index contributed by atoms with van der Waals surface area (Å²) >= 11 is 0. The maximum Gasteiger partial charge on any atom is 0.387 e. The summed E-state index contributed by atoms with van der Waals surface area (Å²) < 4.78 is 61.7. The predicted molar refractivity (Wildman–Crippen MR) is 126 cm³/mol. The Balaban J connectivity index is 1.70. The number of hydrogen-bond donors (Lipinski definition) is 2. The molecule has 0 radical (unpaired) electrons. The second-order valence-electron chi connectivity index (χ2n) is 6.90. The van der Waals surface area contributed by atoms with E-state index in [1.165, 1.54) is 61.7 Å². The number of para-hydroxylation sites is 2. The predicted octanol–water partition coefficient (Wildman–Crippen LogP) is 4.64. The van der Waals surface area contributed by atoms with Gasteiger partial charge in [0, 0.05) is 5.69 Å². The molecule has 0 aliphatic carbocycles. The lowest BCUT2D eigenvalue weighted by atomic mass is 10.1. The molecule has 0 spiro atoms. The van der Waals surface area contributed by atoms with Crippen molar-refractivity contribution in [3.63, 3.8) is 0 Å². The van der Waals surface area contributed by atoms with Crippen molar-refractivity contribution in [2.24, 2.45) is 0 Å². The Hall–Kier alpha value is -4.43. The first-order valence-corrected chi connectivity index (χ1v) is 11.4. The van der Waals surface area contributed by atoms with Crippen LogP contribution in [0.15, 0.2) is 83.3 Å². The molecule has 35 heavy (non-hydrogen) atoms. The molecule has 0 atom stereocenters. The molecule has 2 N–H and O–H groups in total. The van der Waals surface area contributed by atoms with Crippen LogP contribution in [-0.2, 0) is 14.8 Å². The van der Waals surface area contributed by atoms with Crippen LogP contribution in [0.1, 0.15) is 5.56 Å². The van der Waals surface area contributed by atoms with E-state index in [0.717, 1.165) is 0 Å². The Kier molecular flexibility index (Phi) is 8.01. The molecule has 0 saturated carbocycles. The van der Waals surface area contributed by atoms with Crippen molar-refractivity contribution in [2.75, 3.05) is 17.1 Å². The third kappa shape index (κ3) is 6.78. The standard InChI is InChI=1S/C24H19F2N3O5S/c1-33-22-5-3-2-4-21(22)29-35(31,32)20-12-8-18(9-13-20)28-23(30)17(15-27)14-16-6-10-19(11-7-16)34-24(25)26/h2-14,24,29H,1H3,(H,28,30)/b17-14-. The fourth-order valence-corrected chi connectivity index (χ4v) is 3.98. The molecule has 0 unspecified atom stereocenters. The van der Waals surface area contributed by atoms with Crippen molar-refractivity contribution in [3.8, 4) is 17.6 Å². The monoisotopic (exact) mass is 499 g/mol. The number of methoxy groups -OCH3 is 1. The van der Waals surface area contributed by atoms with E-state index in [4.69, 9.17) is 4.74 Å². The molecular formula is C24H19F2N3O5S. The molecule has 0 heterocycles. The number of hydrogen-bond acceptors (Lipinski definition) is 6. The molecule has 180 valence electrons. The molecule has 0 bridgehead atoms. The molecule has 0 aliphatic heterocycles. The van der Waals surface area contributed by atoms with E-state index in [0.29, 0.717) is 11.3 Å². The van der Waals surface area contributed by atoms with Gasteiger partial charge in [0.05, 0.1) is 17.7 Å². The molecule has 0 aliphatic rings. The summed E-state index contributed by atoms with van der Waals surface area (Å²) in [6.07, 6.45) is 1.28. The number of amides is 1. The highest BCUT2D eigenvalue weighted by molar-refractivity contribution is 7.92. The van der Waals surface area contributed by atoms with E-state index < -0.39 is 22.5 Å². The summed E-state index contributed by atoms with van der Waals surface area (Å²) in [5, 5.41) is 11.9. The van der Waals surface area contributed by atoms with E-state index >= 15 is 0 Å². The van der Waals surface area contributed by atoms with Gasteiger partial charge < -0.3 is 14.8 Å². The lowest BCUT2D eigenvalue weighted by Crippen LogP contribution is -2.15. The highest BCUT2D eigenvalue weighted by Crippen LogP contribution is 2.26. The van der Waals surface area contributed by atoms with Crippen LogP contribution in [0.25, 0.3) is 6.08 Å². The van der Waals surface area contributed by atoms with Crippen LogP contribution in [0.2, 0.25) is 0 Å². The van der Waals surface area contributed by atoms with Crippen molar-refractivity contribution < 1.29 is 31.5 Å². The van der Waals surface area contributed by atoms with Crippen molar-refractivity contribution in [1.29, 1.82) is 5.26 Å². The van der Waals surface area contributed by atoms with Crippen LogP contribution in [0, 0.1) is 11.3 Å². The second kappa shape index (κ2) is 11.1. The average Bonchev–Trinajstić information content (AvgIpc) is 2.83. The Morgan fingerprint density at radius 1 is 1.03 bits per heavy atom. The molecular weight excluding hydrogens is 480 g/mol. The topological polar surface area (TPSA) is 118 Å². The molecule has 3 aromatic carbocycles. The van der Waals surface area contributed by atoms with E-state index in [1.54, 1.807) is 30.3 Å². The first-order valence-electron chi connectivity index (χ1n) is 9.96. The minimum Gasteiger partial charge on any atom is -0.495 e.